The van der Waals surface area contributed by atoms with Crippen LogP contribution in [0.15, 0.2) is 0 Å². The van der Waals surface area contributed by atoms with Crippen molar-refractivity contribution in [3.05, 3.63) is 0 Å². The van der Waals surface area contributed by atoms with E-state index in [2.05, 4.69) is 41.5 Å². The number of hydrogen-bond donors (Lipinski definition) is 0. The molecular weight excluding hydrogens is 180 g/mol. The van der Waals surface area contributed by atoms with E-state index in [1.165, 1.54) is 12.8 Å². The maximum absolute atomic E-state index is 6.55. The maximum Gasteiger partial charge on any atom is 0.0449 e. The largest absolute Gasteiger partial charge is 0.119 e. The Hall–Kier alpha value is 0.290. The number of unbranched alkanes of at least 4 members (excludes halogenated alkanes) is 1. The molecule has 80 valence electrons. The Kier molecular flexibility index (Phi) is 4.79. The summed E-state index contributed by atoms with van der Waals surface area (Å²) < 4.78 is 0. The molecule has 0 aromatic heterocycles. The third-order valence-electron chi connectivity index (χ3n) is 3.22. The molecule has 0 saturated carbocycles. The molecule has 0 rings (SSSR count). The molecule has 0 spiro atoms. The molecule has 0 N–H and O–H groups in total. The number of halogens is 1. The zero-order valence-corrected chi connectivity index (χ0v) is 10.8. The Bertz CT molecular complexity index is 142. The van der Waals surface area contributed by atoms with Crippen LogP contribution in [0.4, 0.5) is 0 Å². The second-order valence-corrected chi connectivity index (χ2v) is 6.33. The molecule has 0 fully saturated rings. The summed E-state index contributed by atoms with van der Waals surface area (Å²) in [7, 11) is 0. The summed E-state index contributed by atoms with van der Waals surface area (Å²) in [5, 5.41) is 0. The van der Waals surface area contributed by atoms with Gasteiger partial charge in [0, 0.05) is 4.87 Å². The molecule has 13 heavy (non-hydrogen) atoms. The Morgan fingerprint density at radius 1 is 1.15 bits per heavy atom. The van der Waals surface area contributed by atoms with Crippen LogP contribution < -0.4 is 0 Å². The molecule has 0 amide bonds. The van der Waals surface area contributed by atoms with E-state index in [0.717, 1.165) is 6.42 Å². The molecular formula is C12H25Cl. The van der Waals surface area contributed by atoms with E-state index >= 15 is 0 Å². The first-order valence-electron chi connectivity index (χ1n) is 5.40. The van der Waals surface area contributed by atoms with Crippen LogP contribution in [0.2, 0.25) is 0 Å². The molecule has 0 aliphatic heterocycles. The molecule has 0 heterocycles. The molecule has 0 nitrogen and oxygen atoms in total. The summed E-state index contributed by atoms with van der Waals surface area (Å²) in [6.07, 6.45) is 3.60. The summed E-state index contributed by atoms with van der Waals surface area (Å²) in [6.45, 7) is 13.5. The van der Waals surface area contributed by atoms with Crippen LogP contribution >= 0.6 is 11.6 Å². The second-order valence-electron chi connectivity index (χ2n) is 5.47. The van der Waals surface area contributed by atoms with Crippen LogP contribution in [0.25, 0.3) is 0 Å². The van der Waals surface area contributed by atoms with E-state index in [-0.39, 0.29) is 4.87 Å². The van der Waals surface area contributed by atoms with Gasteiger partial charge in [0.25, 0.3) is 0 Å². The Morgan fingerprint density at radius 3 is 1.92 bits per heavy atom. The molecule has 0 aliphatic carbocycles. The molecule has 0 aromatic carbocycles. The minimum Gasteiger partial charge on any atom is -0.119 e. The molecule has 2 atom stereocenters. The van der Waals surface area contributed by atoms with Crippen molar-refractivity contribution in [3.8, 4) is 0 Å². The average Bonchev–Trinajstić information content (AvgIpc) is 1.98. The van der Waals surface area contributed by atoms with E-state index in [4.69, 9.17) is 11.6 Å². The lowest BCUT2D eigenvalue weighted by molar-refractivity contribution is 0.196. The molecule has 0 aromatic rings. The van der Waals surface area contributed by atoms with Gasteiger partial charge in [0.2, 0.25) is 0 Å². The normalized spacial score (nSPS) is 19.6. The average molecular weight is 205 g/mol. The van der Waals surface area contributed by atoms with Crippen molar-refractivity contribution in [1.82, 2.24) is 0 Å². The molecule has 1 heteroatoms. The predicted molar refractivity (Wildman–Crippen MR) is 62.4 cm³/mol. The first-order valence-corrected chi connectivity index (χ1v) is 5.78. The van der Waals surface area contributed by atoms with E-state index in [1.807, 2.05) is 0 Å². The van der Waals surface area contributed by atoms with Crippen molar-refractivity contribution < 1.29 is 0 Å². The fraction of sp³-hybridized carbons (Fsp3) is 1.00. The van der Waals surface area contributed by atoms with Crippen LogP contribution in [0.1, 0.15) is 60.8 Å². The summed E-state index contributed by atoms with van der Waals surface area (Å²) in [4.78, 5) is -0.0335. The van der Waals surface area contributed by atoms with Crippen LogP contribution in [-0.4, -0.2) is 4.87 Å². The van der Waals surface area contributed by atoms with Gasteiger partial charge < -0.3 is 0 Å². The molecule has 0 bridgehead atoms. The van der Waals surface area contributed by atoms with Gasteiger partial charge >= 0.3 is 0 Å². The number of hydrogen-bond acceptors (Lipinski definition) is 0. The summed E-state index contributed by atoms with van der Waals surface area (Å²) in [5.74, 6) is 0.549. The third-order valence-corrected chi connectivity index (χ3v) is 3.74. The van der Waals surface area contributed by atoms with Gasteiger partial charge in [-0.1, -0.05) is 47.5 Å². The van der Waals surface area contributed by atoms with E-state index in [1.54, 1.807) is 0 Å². The van der Waals surface area contributed by atoms with Gasteiger partial charge in [-0.2, -0.15) is 0 Å². The number of rotatable bonds is 4. The Labute approximate surface area is 89.1 Å². The topological polar surface area (TPSA) is 0 Å². The SMILES string of the molecule is CCCCC(C)(Cl)C(C)C(C)(C)C. The van der Waals surface area contributed by atoms with Gasteiger partial charge in [-0.05, 0) is 24.7 Å². The highest BCUT2D eigenvalue weighted by Gasteiger charge is 2.35. The predicted octanol–water partition coefficient (Wildman–Crippen LogP) is 4.86. The maximum atomic E-state index is 6.55. The van der Waals surface area contributed by atoms with Crippen molar-refractivity contribution in [3.63, 3.8) is 0 Å². The first kappa shape index (κ1) is 13.3. The lowest BCUT2D eigenvalue weighted by atomic mass is 9.73. The standard InChI is InChI=1S/C12H25Cl/c1-7-8-9-12(6,13)10(2)11(3,4)5/h10H,7-9H2,1-6H3. The third kappa shape index (κ3) is 4.35. The van der Waals surface area contributed by atoms with Crippen LogP contribution in [0.5, 0.6) is 0 Å². The van der Waals surface area contributed by atoms with Crippen molar-refractivity contribution in [2.24, 2.45) is 11.3 Å². The molecule has 0 radical (unpaired) electrons. The quantitative estimate of drug-likeness (QED) is 0.574. The minimum atomic E-state index is -0.0335. The molecule has 0 saturated heterocycles. The van der Waals surface area contributed by atoms with Crippen LogP contribution in [-0.2, 0) is 0 Å². The van der Waals surface area contributed by atoms with Crippen molar-refractivity contribution in [2.45, 2.75) is 65.7 Å². The molecule has 0 aliphatic rings. The summed E-state index contributed by atoms with van der Waals surface area (Å²) >= 11 is 6.55. The first-order chi connectivity index (χ1) is 5.72. The highest BCUT2D eigenvalue weighted by atomic mass is 35.5. The number of alkyl halides is 1. The van der Waals surface area contributed by atoms with E-state index < -0.39 is 0 Å². The van der Waals surface area contributed by atoms with E-state index in [0.29, 0.717) is 11.3 Å². The van der Waals surface area contributed by atoms with Gasteiger partial charge in [-0.15, -0.1) is 11.6 Å². The summed E-state index contributed by atoms with van der Waals surface area (Å²) in [6, 6.07) is 0. The van der Waals surface area contributed by atoms with Crippen LogP contribution in [0, 0.1) is 11.3 Å². The smallest absolute Gasteiger partial charge is 0.0449 e. The van der Waals surface area contributed by atoms with E-state index in [9.17, 15) is 0 Å². The lowest BCUT2D eigenvalue weighted by Gasteiger charge is -2.38. The van der Waals surface area contributed by atoms with Gasteiger partial charge in [0.05, 0.1) is 0 Å². The van der Waals surface area contributed by atoms with Crippen molar-refractivity contribution >= 4 is 11.6 Å². The Balaban J connectivity index is 4.27. The Morgan fingerprint density at radius 2 is 1.62 bits per heavy atom. The lowest BCUT2D eigenvalue weighted by Crippen LogP contribution is -2.35. The summed E-state index contributed by atoms with van der Waals surface area (Å²) in [5.41, 5.74) is 0.310. The van der Waals surface area contributed by atoms with Gasteiger partial charge in [-0.3, -0.25) is 0 Å². The highest BCUT2D eigenvalue weighted by molar-refractivity contribution is 6.23. The van der Waals surface area contributed by atoms with Crippen molar-refractivity contribution in [2.75, 3.05) is 0 Å². The highest BCUT2D eigenvalue weighted by Crippen LogP contribution is 2.41. The fourth-order valence-electron chi connectivity index (χ4n) is 1.64. The monoisotopic (exact) mass is 204 g/mol. The molecule has 2 unspecified atom stereocenters. The van der Waals surface area contributed by atoms with Crippen LogP contribution in [0.3, 0.4) is 0 Å². The van der Waals surface area contributed by atoms with Gasteiger partial charge in [0.1, 0.15) is 0 Å². The fourth-order valence-corrected chi connectivity index (χ4v) is 2.10. The zero-order valence-electron chi connectivity index (χ0n) is 10.1. The zero-order chi connectivity index (χ0) is 10.7. The minimum absolute atomic E-state index is 0.0335. The van der Waals surface area contributed by atoms with Gasteiger partial charge in [0.15, 0.2) is 0 Å². The van der Waals surface area contributed by atoms with Gasteiger partial charge in [-0.25, -0.2) is 0 Å². The van der Waals surface area contributed by atoms with Crippen molar-refractivity contribution in [1.29, 1.82) is 0 Å². The second kappa shape index (κ2) is 4.68.